The molecule has 0 heterocycles. The van der Waals surface area contributed by atoms with Gasteiger partial charge in [0.25, 0.3) is 0 Å². The van der Waals surface area contributed by atoms with Crippen LogP contribution < -0.4 is 0 Å². The molecule has 4 heteroatoms. The van der Waals surface area contributed by atoms with Crippen LogP contribution in [0, 0.1) is 11.3 Å². The van der Waals surface area contributed by atoms with Gasteiger partial charge >= 0.3 is 5.97 Å². The summed E-state index contributed by atoms with van der Waals surface area (Å²) in [7, 11) is 0. The quantitative estimate of drug-likeness (QED) is 0.694. The summed E-state index contributed by atoms with van der Waals surface area (Å²) >= 11 is 0. The molecule has 0 saturated heterocycles. The average molecular weight is 234 g/mol. The Morgan fingerprint density at radius 3 is 1.62 bits per heavy atom. The summed E-state index contributed by atoms with van der Waals surface area (Å²) in [5.41, 5.74) is -1.16. The summed E-state index contributed by atoms with van der Waals surface area (Å²) in [5, 5.41) is 26.6. The zero-order chi connectivity index (χ0) is 13.6. The third kappa shape index (κ3) is 6.08. The van der Waals surface area contributed by atoms with Gasteiger partial charge in [-0.05, 0) is 13.3 Å². The van der Waals surface area contributed by atoms with Gasteiger partial charge in [-0.1, -0.05) is 34.6 Å². The number of aliphatic hydroxyl groups is 2. The monoisotopic (exact) mass is 234 g/mol. The van der Waals surface area contributed by atoms with E-state index in [1.54, 1.807) is 20.8 Å². The molecule has 0 aliphatic carbocycles. The van der Waals surface area contributed by atoms with Gasteiger partial charge in [-0.25, -0.2) is 0 Å². The Kier molecular flexibility index (Phi) is 7.62. The van der Waals surface area contributed by atoms with Crippen LogP contribution in [-0.4, -0.2) is 33.5 Å². The number of carboxylic acid groups (broad SMARTS) is 1. The predicted octanol–water partition coefficient (Wildman–Crippen LogP) is 1.89. The largest absolute Gasteiger partial charge is 0.481 e. The van der Waals surface area contributed by atoms with Crippen molar-refractivity contribution in [3.05, 3.63) is 0 Å². The minimum absolute atomic E-state index is 0.0217. The van der Waals surface area contributed by atoms with Crippen molar-refractivity contribution >= 4 is 5.97 Å². The van der Waals surface area contributed by atoms with E-state index in [-0.39, 0.29) is 12.5 Å². The fraction of sp³-hybridized carbons (Fsp3) is 0.917. The van der Waals surface area contributed by atoms with Crippen molar-refractivity contribution in [3.63, 3.8) is 0 Å². The molecule has 4 nitrogen and oxygen atoms in total. The fourth-order valence-corrected chi connectivity index (χ4v) is 0.649. The lowest BCUT2D eigenvalue weighted by molar-refractivity contribution is -0.140. The van der Waals surface area contributed by atoms with E-state index in [1.165, 1.54) is 0 Å². The van der Waals surface area contributed by atoms with Crippen LogP contribution in [0.3, 0.4) is 0 Å². The van der Waals surface area contributed by atoms with Gasteiger partial charge < -0.3 is 15.3 Å². The molecule has 0 aromatic carbocycles. The molecule has 1 unspecified atom stereocenters. The van der Waals surface area contributed by atoms with Crippen molar-refractivity contribution in [3.8, 4) is 0 Å². The second-order valence-electron chi connectivity index (χ2n) is 5.16. The summed E-state index contributed by atoms with van der Waals surface area (Å²) in [4.78, 5) is 9.70. The van der Waals surface area contributed by atoms with Gasteiger partial charge in [-0.2, -0.15) is 0 Å². The highest BCUT2D eigenvalue weighted by atomic mass is 16.4. The first-order valence-corrected chi connectivity index (χ1v) is 5.58. The third-order valence-corrected chi connectivity index (χ3v) is 3.04. The van der Waals surface area contributed by atoms with Crippen molar-refractivity contribution in [1.29, 1.82) is 0 Å². The number of hydrogen-bond donors (Lipinski definition) is 3. The molecule has 98 valence electrons. The van der Waals surface area contributed by atoms with Gasteiger partial charge in [0.2, 0.25) is 0 Å². The molecule has 0 bridgehead atoms. The Morgan fingerprint density at radius 1 is 1.25 bits per heavy atom. The van der Waals surface area contributed by atoms with Gasteiger partial charge in [-0.15, -0.1) is 0 Å². The summed E-state index contributed by atoms with van der Waals surface area (Å²) in [5.74, 6) is -0.972. The maximum Gasteiger partial charge on any atom is 0.305 e. The molecule has 0 radical (unpaired) electrons. The lowest BCUT2D eigenvalue weighted by Crippen LogP contribution is -2.43. The van der Waals surface area contributed by atoms with E-state index in [1.807, 2.05) is 20.8 Å². The molecule has 0 spiro atoms. The maximum absolute atomic E-state index is 9.70. The molecule has 3 N–H and O–H groups in total. The molecular weight excluding hydrogens is 208 g/mol. The molecule has 16 heavy (non-hydrogen) atoms. The SMILES string of the molecule is CC(C)C(=O)O.CCC(C)(O)C(C)(C)CO. The van der Waals surface area contributed by atoms with Crippen LogP contribution >= 0.6 is 0 Å². The molecule has 0 amide bonds. The van der Waals surface area contributed by atoms with E-state index in [0.29, 0.717) is 6.42 Å². The van der Waals surface area contributed by atoms with Crippen molar-refractivity contribution in [1.82, 2.24) is 0 Å². The van der Waals surface area contributed by atoms with Gasteiger partial charge in [0.1, 0.15) is 0 Å². The molecule has 0 aliphatic heterocycles. The zero-order valence-corrected chi connectivity index (χ0v) is 11.2. The molecule has 0 fully saturated rings. The number of carboxylic acids is 1. The second kappa shape index (κ2) is 6.86. The lowest BCUT2D eigenvalue weighted by atomic mass is 9.75. The molecule has 0 rings (SSSR count). The minimum atomic E-state index is -0.762. The highest BCUT2D eigenvalue weighted by Crippen LogP contribution is 2.32. The van der Waals surface area contributed by atoms with Crippen LogP contribution in [0.2, 0.25) is 0 Å². The molecule has 1 atom stereocenters. The maximum atomic E-state index is 9.70. The Balaban J connectivity index is 0. The van der Waals surface area contributed by atoms with E-state index < -0.39 is 17.0 Å². The van der Waals surface area contributed by atoms with Crippen molar-refractivity contribution in [2.75, 3.05) is 6.61 Å². The fourth-order valence-electron chi connectivity index (χ4n) is 0.649. The van der Waals surface area contributed by atoms with Crippen molar-refractivity contribution in [2.24, 2.45) is 11.3 Å². The van der Waals surface area contributed by atoms with Crippen molar-refractivity contribution in [2.45, 2.75) is 53.6 Å². The van der Waals surface area contributed by atoms with E-state index in [4.69, 9.17) is 10.2 Å². The number of aliphatic hydroxyl groups excluding tert-OH is 1. The second-order valence-corrected chi connectivity index (χ2v) is 5.16. The zero-order valence-electron chi connectivity index (χ0n) is 11.2. The first-order chi connectivity index (χ1) is 7.01. The highest BCUT2D eigenvalue weighted by molar-refractivity contribution is 5.68. The summed E-state index contributed by atoms with van der Waals surface area (Å²) in [6.45, 7) is 10.7. The predicted molar refractivity (Wildman–Crippen MR) is 64.3 cm³/mol. The smallest absolute Gasteiger partial charge is 0.305 e. The van der Waals surface area contributed by atoms with Crippen LogP contribution in [0.4, 0.5) is 0 Å². The van der Waals surface area contributed by atoms with Gasteiger partial charge in [-0.3, -0.25) is 4.79 Å². The van der Waals surface area contributed by atoms with Gasteiger partial charge in [0, 0.05) is 5.41 Å². The highest BCUT2D eigenvalue weighted by Gasteiger charge is 2.36. The first-order valence-electron chi connectivity index (χ1n) is 5.58. The molecule has 0 saturated carbocycles. The summed E-state index contributed by atoms with van der Waals surface area (Å²) in [6, 6.07) is 0. The van der Waals surface area contributed by atoms with Crippen LogP contribution in [0.5, 0.6) is 0 Å². The first kappa shape index (κ1) is 17.8. The Morgan fingerprint density at radius 2 is 1.56 bits per heavy atom. The Bertz CT molecular complexity index is 193. The van der Waals surface area contributed by atoms with Gasteiger partial charge in [0.15, 0.2) is 0 Å². The van der Waals surface area contributed by atoms with E-state index in [0.717, 1.165) is 0 Å². The Labute approximate surface area is 98.3 Å². The van der Waals surface area contributed by atoms with Crippen LogP contribution in [0.1, 0.15) is 48.0 Å². The number of aliphatic carboxylic acids is 1. The van der Waals surface area contributed by atoms with Crippen molar-refractivity contribution < 1.29 is 20.1 Å². The Hall–Kier alpha value is -0.610. The van der Waals surface area contributed by atoms with Gasteiger partial charge in [0.05, 0.1) is 18.1 Å². The van der Waals surface area contributed by atoms with E-state index in [2.05, 4.69) is 0 Å². The third-order valence-electron chi connectivity index (χ3n) is 3.04. The van der Waals surface area contributed by atoms with Crippen LogP contribution in [0.25, 0.3) is 0 Å². The number of carbonyl (C=O) groups is 1. The van der Waals surface area contributed by atoms with Crippen LogP contribution in [-0.2, 0) is 4.79 Å². The minimum Gasteiger partial charge on any atom is -0.481 e. The topological polar surface area (TPSA) is 77.8 Å². The molecular formula is C12H26O4. The summed E-state index contributed by atoms with van der Waals surface area (Å²) in [6.07, 6.45) is 0.667. The molecule has 0 aromatic rings. The number of rotatable bonds is 4. The van der Waals surface area contributed by atoms with E-state index in [9.17, 15) is 9.90 Å². The lowest BCUT2D eigenvalue weighted by Gasteiger charge is -2.37. The van der Waals surface area contributed by atoms with E-state index >= 15 is 0 Å². The summed E-state index contributed by atoms with van der Waals surface area (Å²) < 4.78 is 0. The van der Waals surface area contributed by atoms with Crippen LogP contribution in [0.15, 0.2) is 0 Å². The standard InChI is InChI=1S/C8H18O2.C4H8O2/c1-5-8(4,10)7(2,3)6-9;1-3(2)4(5)6/h9-10H,5-6H2,1-4H3;3H,1-2H3,(H,5,6). The average Bonchev–Trinajstić information content (AvgIpc) is 2.18. The molecule has 0 aliphatic rings. The number of hydrogen-bond acceptors (Lipinski definition) is 3. The molecule has 0 aromatic heterocycles. The normalized spacial score (nSPS) is 15.1.